The zero-order valence-electron chi connectivity index (χ0n) is 22.4. The maximum Gasteiger partial charge on any atom is 0.254 e. The highest BCUT2D eigenvalue weighted by atomic mass is 16.5. The molecule has 2 aliphatic rings. The van der Waals surface area contributed by atoms with Gasteiger partial charge in [0.15, 0.2) is 5.82 Å². The van der Waals surface area contributed by atoms with Crippen molar-refractivity contribution in [3.63, 3.8) is 0 Å². The molecule has 2 unspecified atom stereocenters. The van der Waals surface area contributed by atoms with Gasteiger partial charge in [-0.05, 0) is 38.0 Å². The monoisotopic (exact) mass is 520 g/mol. The molecule has 202 valence electrons. The van der Waals surface area contributed by atoms with E-state index in [1.165, 1.54) is 0 Å². The summed E-state index contributed by atoms with van der Waals surface area (Å²) in [6, 6.07) is 8.06. The number of piperidine rings is 1. The Morgan fingerprint density at radius 2 is 2.08 bits per heavy atom. The van der Waals surface area contributed by atoms with Crippen molar-refractivity contribution in [2.75, 3.05) is 37.5 Å². The van der Waals surface area contributed by atoms with Crippen molar-refractivity contribution >= 4 is 17.7 Å². The van der Waals surface area contributed by atoms with E-state index in [9.17, 15) is 4.79 Å². The highest BCUT2D eigenvalue weighted by Crippen LogP contribution is 2.30. The molecule has 0 saturated carbocycles. The summed E-state index contributed by atoms with van der Waals surface area (Å²) in [4.78, 5) is 31.3. The van der Waals surface area contributed by atoms with Crippen molar-refractivity contribution < 1.29 is 9.53 Å². The summed E-state index contributed by atoms with van der Waals surface area (Å²) in [5.41, 5.74) is 7.41. The Morgan fingerprint density at radius 1 is 1.26 bits per heavy atom. The van der Waals surface area contributed by atoms with E-state index in [-0.39, 0.29) is 12.1 Å². The Kier molecular flexibility index (Phi) is 7.54. The number of nitrogens with zero attached hydrogens (tertiary/aromatic N) is 7. The van der Waals surface area contributed by atoms with Crippen molar-refractivity contribution in [1.82, 2.24) is 40.5 Å². The van der Waals surface area contributed by atoms with Gasteiger partial charge in [0, 0.05) is 83.0 Å². The molecule has 12 heteroatoms. The van der Waals surface area contributed by atoms with Crippen LogP contribution in [0.5, 0.6) is 0 Å². The SMILES string of the molecule is COC1(C(=O)N(C)Cc2ccc(-n3cccn3)nc2)CCN(c2nc(C)cc(NC3CC(C)NN3)n2)CC1. The van der Waals surface area contributed by atoms with Gasteiger partial charge in [-0.2, -0.15) is 10.1 Å². The summed E-state index contributed by atoms with van der Waals surface area (Å²) in [5.74, 6) is 2.15. The number of ether oxygens (including phenoxy) is 1. The minimum Gasteiger partial charge on any atom is -0.368 e. The van der Waals surface area contributed by atoms with Gasteiger partial charge in [0.25, 0.3) is 5.91 Å². The van der Waals surface area contributed by atoms with Crippen LogP contribution < -0.4 is 21.1 Å². The number of carbonyl (C=O) groups is 1. The molecule has 38 heavy (non-hydrogen) atoms. The van der Waals surface area contributed by atoms with Crippen molar-refractivity contribution in [3.05, 3.63) is 54.1 Å². The van der Waals surface area contributed by atoms with Crippen molar-refractivity contribution in [2.45, 2.75) is 57.5 Å². The van der Waals surface area contributed by atoms with Gasteiger partial charge in [0.05, 0.1) is 6.17 Å². The van der Waals surface area contributed by atoms with Crippen LogP contribution in [-0.2, 0) is 16.1 Å². The fourth-order valence-corrected chi connectivity index (χ4v) is 5.07. The number of aryl methyl sites for hydroxylation is 1. The first-order chi connectivity index (χ1) is 18.3. The van der Waals surface area contributed by atoms with Gasteiger partial charge in [0.1, 0.15) is 11.4 Å². The van der Waals surface area contributed by atoms with Crippen molar-refractivity contribution in [3.8, 4) is 5.82 Å². The Balaban J connectivity index is 1.21. The number of aromatic nitrogens is 5. The number of hydrogen-bond acceptors (Lipinski definition) is 10. The van der Waals surface area contributed by atoms with E-state index in [2.05, 4.69) is 43.1 Å². The lowest BCUT2D eigenvalue weighted by Crippen LogP contribution is -2.55. The molecule has 0 aliphatic carbocycles. The number of rotatable bonds is 8. The zero-order valence-corrected chi connectivity index (χ0v) is 22.4. The molecule has 3 N–H and O–H groups in total. The van der Waals surface area contributed by atoms with Gasteiger partial charge < -0.3 is 19.9 Å². The van der Waals surface area contributed by atoms with Gasteiger partial charge in [0.2, 0.25) is 5.95 Å². The van der Waals surface area contributed by atoms with E-state index in [1.807, 2.05) is 44.4 Å². The minimum absolute atomic E-state index is 0.0303. The molecular weight excluding hydrogens is 484 g/mol. The smallest absolute Gasteiger partial charge is 0.254 e. The van der Waals surface area contributed by atoms with Gasteiger partial charge in [-0.25, -0.2) is 20.1 Å². The van der Waals surface area contributed by atoms with Crippen LogP contribution in [0.3, 0.4) is 0 Å². The van der Waals surface area contributed by atoms with Crippen molar-refractivity contribution in [1.29, 1.82) is 0 Å². The van der Waals surface area contributed by atoms with Crippen LogP contribution in [0.4, 0.5) is 11.8 Å². The van der Waals surface area contributed by atoms with Gasteiger partial charge in [-0.1, -0.05) is 6.07 Å². The second-order valence-corrected chi connectivity index (χ2v) is 10.1. The molecule has 0 spiro atoms. The molecular formula is C26H36N10O2. The number of amides is 1. The first kappa shape index (κ1) is 26.0. The molecule has 0 aromatic carbocycles. The first-order valence-electron chi connectivity index (χ1n) is 13.0. The standard InChI is InChI=1S/C26H36N10O2/c1-18-14-21(30-22-15-19(2)32-33-22)31-25(29-18)35-12-8-26(38-4,9-13-35)24(37)34(3)17-20-6-7-23(27-16-20)36-11-5-10-28-36/h5-7,10-11,14,16,19,22,32-33H,8-9,12-13,15,17H2,1-4H3,(H,29,30,31). The molecule has 2 aliphatic heterocycles. The third-order valence-corrected chi connectivity index (χ3v) is 7.21. The maximum atomic E-state index is 13.6. The fourth-order valence-electron chi connectivity index (χ4n) is 5.07. The lowest BCUT2D eigenvalue weighted by molar-refractivity contribution is -0.156. The predicted octanol–water partition coefficient (Wildman–Crippen LogP) is 1.63. The second-order valence-electron chi connectivity index (χ2n) is 10.1. The maximum absolute atomic E-state index is 13.6. The normalized spacial score (nSPS) is 20.9. The van der Waals surface area contributed by atoms with Crippen LogP contribution in [0.15, 0.2) is 42.9 Å². The molecule has 2 saturated heterocycles. The summed E-state index contributed by atoms with van der Waals surface area (Å²) in [6.45, 7) is 5.79. The molecule has 12 nitrogen and oxygen atoms in total. The number of hydrogen-bond donors (Lipinski definition) is 3. The van der Waals surface area contributed by atoms with E-state index in [0.29, 0.717) is 44.5 Å². The van der Waals surface area contributed by atoms with Crippen LogP contribution in [0.1, 0.15) is 37.4 Å². The van der Waals surface area contributed by atoms with E-state index in [1.54, 1.807) is 29.1 Å². The highest BCUT2D eigenvalue weighted by Gasteiger charge is 2.43. The van der Waals surface area contributed by atoms with Crippen LogP contribution in [0, 0.1) is 6.92 Å². The lowest BCUT2D eigenvalue weighted by Gasteiger charge is -2.41. The summed E-state index contributed by atoms with van der Waals surface area (Å²) >= 11 is 0. The largest absolute Gasteiger partial charge is 0.368 e. The number of anilines is 2. The number of hydrazine groups is 1. The molecule has 2 fully saturated rings. The third-order valence-electron chi connectivity index (χ3n) is 7.21. The Bertz CT molecular complexity index is 1230. The molecule has 0 radical (unpaired) electrons. The van der Waals surface area contributed by atoms with Gasteiger partial charge in [-0.15, -0.1) is 0 Å². The molecule has 5 heterocycles. The average molecular weight is 521 g/mol. The Hall–Kier alpha value is -3.61. The Labute approximate surface area is 222 Å². The molecule has 1 amide bonds. The van der Waals surface area contributed by atoms with E-state index in [4.69, 9.17) is 9.72 Å². The zero-order chi connectivity index (χ0) is 26.7. The number of methoxy groups -OCH3 is 1. The number of likely N-dealkylation sites (N-methyl/N-ethyl adjacent to an activating group) is 1. The third kappa shape index (κ3) is 5.62. The van der Waals surface area contributed by atoms with Crippen LogP contribution in [0.2, 0.25) is 0 Å². The molecule has 2 atom stereocenters. The number of nitrogens with one attached hydrogen (secondary N) is 3. The lowest BCUT2D eigenvalue weighted by atomic mass is 9.89. The molecule has 5 rings (SSSR count). The topological polar surface area (TPSA) is 125 Å². The van der Waals surface area contributed by atoms with Crippen molar-refractivity contribution in [2.24, 2.45) is 0 Å². The van der Waals surface area contributed by atoms with Crippen LogP contribution in [-0.4, -0.2) is 80.6 Å². The van der Waals surface area contributed by atoms with Gasteiger partial charge in [-0.3, -0.25) is 10.2 Å². The summed E-state index contributed by atoms with van der Waals surface area (Å²) in [7, 11) is 3.43. The van der Waals surface area contributed by atoms with Crippen LogP contribution >= 0.6 is 0 Å². The predicted molar refractivity (Wildman–Crippen MR) is 144 cm³/mol. The molecule has 3 aromatic rings. The second kappa shape index (κ2) is 11.0. The summed E-state index contributed by atoms with van der Waals surface area (Å²) in [6.07, 6.45) is 7.50. The molecule has 0 bridgehead atoms. The number of carbonyl (C=O) groups excluding carboxylic acids is 1. The van der Waals surface area contributed by atoms with E-state index < -0.39 is 5.60 Å². The first-order valence-corrected chi connectivity index (χ1v) is 13.0. The quantitative estimate of drug-likeness (QED) is 0.404. The highest BCUT2D eigenvalue weighted by molar-refractivity contribution is 5.85. The summed E-state index contributed by atoms with van der Waals surface area (Å²) in [5, 5.41) is 7.64. The van der Waals surface area contributed by atoms with Crippen LogP contribution in [0.25, 0.3) is 5.82 Å². The average Bonchev–Trinajstić information content (AvgIpc) is 3.60. The van der Waals surface area contributed by atoms with E-state index in [0.717, 1.165) is 29.3 Å². The Morgan fingerprint density at radius 3 is 2.71 bits per heavy atom. The molecule has 3 aromatic heterocycles. The van der Waals surface area contributed by atoms with E-state index >= 15 is 0 Å². The number of pyridine rings is 1. The van der Waals surface area contributed by atoms with Gasteiger partial charge >= 0.3 is 0 Å². The minimum atomic E-state index is -0.881. The summed E-state index contributed by atoms with van der Waals surface area (Å²) < 4.78 is 7.59. The fraction of sp³-hybridized carbons (Fsp3) is 0.500.